The van der Waals surface area contributed by atoms with Gasteiger partial charge in [0.25, 0.3) is 0 Å². The number of benzene rings is 2. The average Bonchev–Trinajstić information content (AvgIpc) is 2.70. The number of sulfonamides is 1. The molecule has 0 aromatic heterocycles. The number of rotatable bonds is 9. The normalized spacial score (nSPS) is 13.3. The highest BCUT2D eigenvalue weighted by atomic mass is 32.2. The van der Waals surface area contributed by atoms with E-state index in [0.29, 0.717) is 17.9 Å². The highest BCUT2D eigenvalue weighted by molar-refractivity contribution is 7.98. The van der Waals surface area contributed by atoms with Gasteiger partial charge in [0.15, 0.2) is 0 Å². The molecule has 0 radical (unpaired) electrons. The summed E-state index contributed by atoms with van der Waals surface area (Å²) >= 11 is 1.56. The maximum atomic E-state index is 12.8. The summed E-state index contributed by atoms with van der Waals surface area (Å²) in [5.74, 6) is 0.288. The molecule has 0 aliphatic rings. The number of hydrogen-bond donors (Lipinski definition) is 2. The summed E-state index contributed by atoms with van der Waals surface area (Å²) in [6.45, 7) is 6.37. The minimum atomic E-state index is -3.77. The number of carbonyl (C=O) groups excluding carboxylic acids is 1. The van der Waals surface area contributed by atoms with Crippen LogP contribution in [0.15, 0.2) is 60.0 Å². The number of thioether (sulfide) groups is 1. The van der Waals surface area contributed by atoms with Crippen molar-refractivity contribution in [3.8, 4) is 0 Å². The zero-order valence-electron chi connectivity index (χ0n) is 17.9. The number of anilines is 1. The molecule has 0 saturated heterocycles. The Hall–Kier alpha value is -2.09. The molecule has 2 rings (SSSR count). The van der Waals surface area contributed by atoms with Gasteiger partial charge >= 0.3 is 0 Å². The topological polar surface area (TPSA) is 75.3 Å². The summed E-state index contributed by atoms with van der Waals surface area (Å²) in [7, 11) is -3.77. The van der Waals surface area contributed by atoms with Crippen LogP contribution in [-0.2, 0) is 20.2 Å². The number of nitrogens with one attached hydrogen (secondary N) is 2. The Morgan fingerprint density at radius 2 is 1.70 bits per heavy atom. The lowest BCUT2D eigenvalue weighted by Gasteiger charge is -2.20. The molecule has 2 N–H and O–H groups in total. The minimum absolute atomic E-state index is 0.0180. The molecule has 30 heavy (non-hydrogen) atoms. The van der Waals surface area contributed by atoms with Crippen molar-refractivity contribution in [3.63, 3.8) is 0 Å². The molecule has 0 aliphatic carbocycles. The highest BCUT2D eigenvalue weighted by Gasteiger charge is 2.23. The molecule has 0 fully saturated rings. The molecule has 0 heterocycles. The van der Waals surface area contributed by atoms with Crippen LogP contribution >= 0.6 is 11.8 Å². The Morgan fingerprint density at radius 1 is 1.07 bits per heavy atom. The van der Waals surface area contributed by atoms with E-state index >= 15 is 0 Å². The second-order valence-corrected chi connectivity index (χ2v) is 10.6. The molecule has 2 aromatic carbocycles. The molecule has 1 amide bonds. The fourth-order valence-corrected chi connectivity index (χ4v) is 4.24. The van der Waals surface area contributed by atoms with Crippen molar-refractivity contribution in [1.82, 2.24) is 4.72 Å². The van der Waals surface area contributed by atoms with Crippen LogP contribution in [0, 0.1) is 0 Å². The van der Waals surface area contributed by atoms with E-state index in [1.807, 2.05) is 60.9 Å². The van der Waals surface area contributed by atoms with Crippen molar-refractivity contribution < 1.29 is 13.2 Å². The van der Waals surface area contributed by atoms with Crippen LogP contribution in [0.5, 0.6) is 0 Å². The van der Waals surface area contributed by atoms with E-state index in [1.165, 1.54) is 6.08 Å². The summed E-state index contributed by atoms with van der Waals surface area (Å²) in [5, 5.41) is 3.92. The van der Waals surface area contributed by atoms with Gasteiger partial charge in [0.05, 0.1) is 0 Å². The van der Waals surface area contributed by atoms with Crippen LogP contribution in [0.25, 0.3) is 6.08 Å². The first-order valence-corrected chi connectivity index (χ1v) is 12.7. The molecule has 0 aliphatic heterocycles. The van der Waals surface area contributed by atoms with Crippen LogP contribution in [-0.4, -0.2) is 32.4 Å². The first-order valence-electron chi connectivity index (χ1n) is 9.76. The molecule has 0 saturated carbocycles. The standard InChI is InChI=1S/C23H30N2O3S2/c1-23(2,3)19-10-12-20(13-11-19)24-22(26)21(14-16-29-4)25-30(27,28)17-15-18-8-6-5-7-9-18/h5-13,15,17,21,25H,14,16H2,1-4H3,(H,24,26)/b17-15+. The molecular weight excluding hydrogens is 416 g/mol. The van der Waals surface area contributed by atoms with Gasteiger partial charge in [-0.25, -0.2) is 8.42 Å². The number of amides is 1. The first-order chi connectivity index (χ1) is 14.1. The maximum Gasteiger partial charge on any atom is 0.242 e. The average molecular weight is 447 g/mol. The van der Waals surface area contributed by atoms with E-state index in [1.54, 1.807) is 11.8 Å². The molecule has 0 bridgehead atoms. The monoisotopic (exact) mass is 446 g/mol. The van der Waals surface area contributed by atoms with E-state index in [4.69, 9.17) is 0 Å². The molecule has 2 aromatic rings. The van der Waals surface area contributed by atoms with Crippen LogP contribution in [0.4, 0.5) is 5.69 Å². The van der Waals surface area contributed by atoms with Crippen LogP contribution in [0.3, 0.4) is 0 Å². The predicted octanol–water partition coefficient (Wildman–Crippen LogP) is 4.63. The van der Waals surface area contributed by atoms with E-state index in [0.717, 1.165) is 16.5 Å². The van der Waals surface area contributed by atoms with Gasteiger partial charge in [-0.15, -0.1) is 0 Å². The van der Waals surface area contributed by atoms with Gasteiger partial charge in [-0.1, -0.05) is 63.2 Å². The summed E-state index contributed by atoms with van der Waals surface area (Å²) in [6.07, 6.45) is 3.83. The Kier molecular flexibility index (Phi) is 8.70. The van der Waals surface area contributed by atoms with Crippen molar-refractivity contribution in [1.29, 1.82) is 0 Å². The van der Waals surface area contributed by atoms with Gasteiger partial charge < -0.3 is 5.32 Å². The molecule has 162 valence electrons. The maximum absolute atomic E-state index is 12.8. The minimum Gasteiger partial charge on any atom is -0.325 e. The van der Waals surface area contributed by atoms with Crippen LogP contribution in [0.2, 0.25) is 0 Å². The third-order valence-electron chi connectivity index (χ3n) is 4.49. The lowest BCUT2D eigenvalue weighted by Crippen LogP contribution is -2.43. The third kappa shape index (κ3) is 7.97. The van der Waals surface area contributed by atoms with Crippen molar-refractivity contribution in [3.05, 3.63) is 71.1 Å². The summed E-state index contributed by atoms with van der Waals surface area (Å²) < 4.78 is 27.5. The Morgan fingerprint density at radius 3 is 2.27 bits per heavy atom. The van der Waals surface area contributed by atoms with Gasteiger partial charge in [0.2, 0.25) is 15.9 Å². The molecule has 7 heteroatoms. The van der Waals surface area contributed by atoms with Gasteiger partial charge in [-0.3, -0.25) is 4.79 Å². The molecule has 1 atom stereocenters. The van der Waals surface area contributed by atoms with Gasteiger partial charge in [-0.05, 0) is 53.2 Å². The number of carbonyl (C=O) groups is 1. The van der Waals surface area contributed by atoms with E-state index in [2.05, 4.69) is 30.8 Å². The zero-order valence-corrected chi connectivity index (χ0v) is 19.5. The lowest BCUT2D eigenvalue weighted by atomic mass is 9.87. The summed E-state index contributed by atoms with van der Waals surface area (Å²) in [4.78, 5) is 12.8. The van der Waals surface area contributed by atoms with Crippen molar-refractivity contribution >= 4 is 39.5 Å². The van der Waals surface area contributed by atoms with Gasteiger partial charge in [0, 0.05) is 11.1 Å². The van der Waals surface area contributed by atoms with Gasteiger partial charge in [-0.2, -0.15) is 16.5 Å². The fraction of sp³-hybridized carbons (Fsp3) is 0.348. The first kappa shape index (κ1) is 24.2. The van der Waals surface area contributed by atoms with Crippen LogP contribution in [0.1, 0.15) is 38.3 Å². The van der Waals surface area contributed by atoms with Crippen molar-refractivity contribution in [2.45, 2.75) is 38.6 Å². The van der Waals surface area contributed by atoms with E-state index in [9.17, 15) is 13.2 Å². The summed E-state index contributed by atoms with van der Waals surface area (Å²) in [6, 6.07) is 15.9. The van der Waals surface area contributed by atoms with Crippen LogP contribution < -0.4 is 10.0 Å². The molecular formula is C23H30N2O3S2. The Bertz CT molecular complexity index is 948. The molecule has 1 unspecified atom stereocenters. The largest absolute Gasteiger partial charge is 0.325 e. The van der Waals surface area contributed by atoms with E-state index in [-0.39, 0.29) is 11.3 Å². The smallest absolute Gasteiger partial charge is 0.242 e. The highest BCUT2D eigenvalue weighted by Crippen LogP contribution is 2.23. The quantitative estimate of drug-likeness (QED) is 0.589. The van der Waals surface area contributed by atoms with E-state index < -0.39 is 16.1 Å². The second kappa shape index (κ2) is 10.8. The second-order valence-electron chi connectivity index (χ2n) is 8.03. The molecule has 5 nitrogen and oxygen atoms in total. The lowest BCUT2D eigenvalue weighted by molar-refractivity contribution is -0.117. The SMILES string of the molecule is CSCCC(NS(=O)(=O)/C=C/c1ccccc1)C(=O)Nc1ccc(C(C)(C)C)cc1. The van der Waals surface area contributed by atoms with Crippen molar-refractivity contribution in [2.75, 3.05) is 17.3 Å². The third-order valence-corrected chi connectivity index (χ3v) is 6.24. The molecule has 0 spiro atoms. The Labute approximate surface area is 184 Å². The predicted molar refractivity (Wildman–Crippen MR) is 128 cm³/mol. The zero-order chi connectivity index (χ0) is 22.2. The van der Waals surface area contributed by atoms with Gasteiger partial charge in [0.1, 0.15) is 6.04 Å². The summed E-state index contributed by atoms with van der Waals surface area (Å²) in [5.41, 5.74) is 2.59. The fourth-order valence-electron chi connectivity index (χ4n) is 2.73. The Balaban J connectivity index is 2.10. The number of hydrogen-bond acceptors (Lipinski definition) is 4. The van der Waals surface area contributed by atoms with Crippen molar-refractivity contribution in [2.24, 2.45) is 0 Å².